The Bertz CT molecular complexity index is 389. The normalized spacial score (nSPS) is 21.8. The molecule has 2 rings (SSSR count). The van der Waals surface area contributed by atoms with Crippen LogP contribution in [0.15, 0.2) is 12.4 Å². The molecule has 1 heterocycles. The first-order valence-electron chi connectivity index (χ1n) is 6.94. The molecule has 0 aromatic carbocycles. The van der Waals surface area contributed by atoms with Crippen molar-refractivity contribution >= 4 is 11.6 Å². The van der Waals surface area contributed by atoms with Crippen LogP contribution in [0.3, 0.4) is 0 Å². The Hall–Kier alpha value is -1.32. The number of nitrogens with zero attached hydrogens (tertiary/aromatic N) is 2. The van der Waals surface area contributed by atoms with Gasteiger partial charge in [0.1, 0.15) is 11.6 Å². The van der Waals surface area contributed by atoms with E-state index < -0.39 is 0 Å². The minimum absolute atomic E-state index is 0.356. The average Bonchev–Trinajstić information content (AvgIpc) is 2.67. The predicted molar refractivity (Wildman–Crippen MR) is 75.9 cm³/mol. The summed E-state index contributed by atoms with van der Waals surface area (Å²) in [4.78, 5) is 8.79. The second-order valence-corrected chi connectivity index (χ2v) is 5.79. The fraction of sp³-hybridized carbons (Fsp3) is 0.714. The van der Waals surface area contributed by atoms with E-state index in [0.29, 0.717) is 11.5 Å². The highest BCUT2D eigenvalue weighted by Crippen LogP contribution is 2.38. The quantitative estimate of drug-likeness (QED) is 0.839. The molecular weight excluding hydrogens is 224 g/mol. The van der Waals surface area contributed by atoms with Gasteiger partial charge in [-0.2, -0.15) is 0 Å². The third-order valence-electron chi connectivity index (χ3n) is 3.77. The van der Waals surface area contributed by atoms with Crippen molar-refractivity contribution < 1.29 is 0 Å². The van der Waals surface area contributed by atoms with Crippen molar-refractivity contribution in [2.45, 2.75) is 52.5 Å². The maximum absolute atomic E-state index is 4.55. The van der Waals surface area contributed by atoms with Crippen LogP contribution in [-0.2, 0) is 0 Å². The molecule has 0 amide bonds. The number of anilines is 2. The molecule has 1 fully saturated rings. The summed E-state index contributed by atoms with van der Waals surface area (Å²) in [6.45, 7) is 7.73. The zero-order valence-corrected chi connectivity index (χ0v) is 11.7. The molecule has 100 valence electrons. The summed E-state index contributed by atoms with van der Waals surface area (Å²) in [5.74, 6) is 1.74. The summed E-state index contributed by atoms with van der Waals surface area (Å²) in [6.07, 6.45) is 8.49. The second kappa shape index (κ2) is 5.55. The Labute approximate surface area is 110 Å². The van der Waals surface area contributed by atoms with E-state index >= 15 is 0 Å². The number of nitrogens with one attached hydrogen (secondary N) is 2. The van der Waals surface area contributed by atoms with E-state index in [1.54, 1.807) is 6.20 Å². The van der Waals surface area contributed by atoms with Crippen molar-refractivity contribution in [1.82, 2.24) is 9.97 Å². The van der Waals surface area contributed by atoms with Crippen LogP contribution in [0.4, 0.5) is 11.6 Å². The van der Waals surface area contributed by atoms with Crippen molar-refractivity contribution in [1.29, 1.82) is 0 Å². The van der Waals surface area contributed by atoms with Crippen LogP contribution in [0.5, 0.6) is 0 Å². The highest BCUT2D eigenvalue weighted by molar-refractivity contribution is 5.42. The fourth-order valence-corrected chi connectivity index (χ4v) is 2.55. The zero-order valence-electron chi connectivity index (χ0n) is 11.7. The van der Waals surface area contributed by atoms with Crippen LogP contribution in [0.2, 0.25) is 0 Å². The summed E-state index contributed by atoms with van der Waals surface area (Å²) >= 11 is 0. The molecule has 0 radical (unpaired) electrons. The summed E-state index contributed by atoms with van der Waals surface area (Å²) < 4.78 is 0. The molecule has 0 spiro atoms. The fourth-order valence-electron chi connectivity index (χ4n) is 2.55. The number of hydrogen-bond acceptors (Lipinski definition) is 4. The maximum atomic E-state index is 4.55. The van der Waals surface area contributed by atoms with Gasteiger partial charge in [0.15, 0.2) is 0 Å². The Kier molecular flexibility index (Phi) is 4.04. The van der Waals surface area contributed by atoms with Gasteiger partial charge in [0.05, 0.1) is 12.4 Å². The minimum Gasteiger partial charge on any atom is -0.369 e. The molecule has 2 N–H and O–H groups in total. The van der Waals surface area contributed by atoms with Gasteiger partial charge in [0, 0.05) is 12.6 Å². The van der Waals surface area contributed by atoms with E-state index in [-0.39, 0.29) is 0 Å². The molecule has 1 unspecified atom stereocenters. The molecule has 1 aliphatic rings. The molecule has 4 nitrogen and oxygen atoms in total. The highest BCUT2D eigenvalue weighted by Gasteiger charge is 2.34. The lowest BCUT2D eigenvalue weighted by Crippen LogP contribution is -2.31. The second-order valence-electron chi connectivity index (χ2n) is 5.79. The van der Waals surface area contributed by atoms with E-state index in [1.807, 2.05) is 6.20 Å². The first-order chi connectivity index (χ1) is 8.62. The zero-order chi connectivity index (χ0) is 13.0. The summed E-state index contributed by atoms with van der Waals surface area (Å²) in [6, 6.07) is 0.508. The van der Waals surface area contributed by atoms with Gasteiger partial charge in [0.25, 0.3) is 0 Å². The first-order valence-corrected chi connectivity index (χ1v) is 6.94. The molecule has 1 saturated carbocycles. The molecule has 1 aromatic rings. The standard InChI is InChI=1S/C14H24N4/c1-4-8-16-12-9-15-10-13(18-12)17-11-6-5-7-14(11,2)3/h9-11H,4-8H2,1-3H3,(H2,16,17,18). The largest absolute Gasteiger partial charge is 0.369 e. The van der Waals surface area contributed by atoms with Crippen molar-refractivity contribution in [2.24, 2.45) is 5.41 Å². The number of hydrogen-bond donors (Lipinski definition) is 2. The summed E-state index contributed by atoms with van der Waals surface area (Å²) in [7, 11) is 0. The molecule has 1 aliphatic carbocycles. The molecule has 4 heteroatoms. The Morgan fingerprint density at radius 1 is 1.33 bits per heavy atom. The minimum atomic E-state index is 0.356. The van der Waals surface area contributed by atoms with Gasteiger partial charge in [-0.1, -0.05) is 27.2 Å². The summed E-state index contributed by atoms with van der Waals surface area (Å²) in [5.41, 5.74) is 0.356. The average molecular weight is 248 g/mol. The van der Waals surface area contributed by atoms with Crippen LogP contribution in [-0.4, -0.2) is 22.6 Å². The Balaban J connectivity index is 2.00. The smallest absolute Gasteiger partial charge is 0.147 e. The lowest BCUT2D eigenvalue weighted by molar-refractivity contribution is 0.349. The van der Waals surface area contributed by atoms with Gasteiger partial charge < -0.3 is 10.6 Å². The van der Waals surface area contributed by atoms with Crippen molar-refractivity contribution in [2.75, 3.05) is 17.2 Å². The molecule has 0 aliphatic heterocycles. The van der Waals surface area contributed by atoms with E-state index in [2.05, 4.69) is 41.4 Å². The topological polar surface area (TPSA) is 49.8 Å². The van der Waals surface area contributed by atoms with Gasteiger partial charge in [-0.25, -0.2) is 4.98 Å². The maximum Gasteiger partial charge on any atom is 0.147 e. The third-order valence-corrected chi connectivity index (χ3v) is 3.77. The predicted octanol–water partition coefficient (Wildman–Crippen LogP) is 3.29. The van der Waals surface area contributed by atoms with Crippen LogP contribution in [0.1, 0.15) is 46.5 Å². The van der Waals surface area contributed by atoms with Gasteiger partial charge in [-0.3, -0.25) is 4.98 Å². The van der Waals surface area contributed by atoms with Crippen LogP contribution >= 0.6 is 0 Å². The van der Waals surface area contributed by atoms with Crippen molar-refractivity contribution in [3.05, 3.63) is 12.4 Å². The molecule has 18 heavy (non-hydrogen) atoms. The SMILES string of the molecule is CCCNc1cncc(NC2CCCC2(C)C)n1. The summed E-state index contributed by atoms with van der Waals surface area (Å²) in [5, 5.41) is 6.80. The van der Waals surface area contributed by atoms with Crippen molar-refractivity contribution in [3.8, 4) is 0 Å². The molecule has 0 bridgehead atoms. The molecule has 0 saturated heterocycles. The number of rotatable bonds is 5. The number of aromatic nitrogens is 2. The van der Waals surface area contributed by atoms with Gasteiger partial charge in [-0.15, -0.1) is 0 Å². The highest BCUT2D eigenvalue weighted by atomic mass is 15.1. The first kappa shape index (κ1) is 13.1. The van der Waals surface area contributed by atoms with E-state index in [9.17, 15) is 0 Å². The van der Waals surface area contributed by atoms with E-state index in [1.165, 1.54) is 19.3 Å². The Morgan fingerprint density at radius 2 is 2.11 bits per heavy atom. The van der Waals surface area contributed by atoms with Crippen molar-refractivity contribution in [3.63, 3.8) is 0 Å². The van der Waals surface area contributed by atoms with Gasteiger partial charge in [0.2, 0.25) is 0 Å². The third kappa shape index (κ3) is 3.12. The Morgan fingerprint density at radius 3 is 2.78 bits per heavy atom. The molecule has 1 aromatic heterocycles. The van der Waals surface area contributed by atoms with E-state index in [0.717, 1.165) is 24.6 Å². The van der Waals surface area contributed by atoms with Crippen LogP contribution in [0.25, 0.3) is 0 Å². The monoisotopic (exact) mass is 248 g/mol. The van der Waals surface area contributed by atoms with Gasteiger partial charge >= 0.3 is 0 Å². The van der Waals surface area contributed by atoms with Crippen LogP contribution in [0, 0.1) is 5.41 Å². The van der Waals surface area contributed by atoms with Gasteiger partial charge in [-0.05, 0) is 24.7 Å². The lowest BCUT2D eigenvalue weighted by Gasteiger charge is -2.28. The molecular formula is C14H24N4. The lowest BCUT2D eigenvalue weighted by atomic mass is 9.87. The van der Waals surface area contributed by atoms with Crippen LogP contribution < -0.4 is 10.6 Å². The van der Waals surface area contributed by atoms with E-state index in [4.69, 9.17) is 0 Å². The molecule has 1 atom stereocenters.